The highest BCUT2D eigenvalue weighted by molar-refractivity contribution is 5.91. The summed E-state index contributed by atoms with van der Waals surface area (Å²) in [6.07, 6.45) is -4.88. The summed E-state index contributed by atoms with van der Waals surface area (Å²) in [4.78, 5) is 35.3. The molecule has 3 amide bonds. The van der Waals surface area contributed by atoms with Crippen LogP contribution in [-0.2, 0) is 20.9 Å². The van der Waals surface area contributed by atoms with Crippen LogP contribution in [0.3, 0.4) is 0 Å². The molecule has 130 valence electrons. The average Bonchev–Trinajstić information content (AvgIpc) is 2.81. The zero-order valence-electron chi connectivity index (χ0n) is 12.8. The van der Waals surface area contributed by atoms with E-state index in [1.165, 1.54) is 11.8 Å². The summed E-state index contributed by atoms with van der Waals surface area (Å²) >= 11 is 0. The highest BCUT2D eigenvalue weighted by Gasteiger charge is 2.42. The van der Waals surface area contributed by atoms with Crippen molar-refractivity contribution in [1.82, 2.24) is 10.2 Å². The third-order valence-electron chi connectivity index (χ3n) is 3.51. The highest BCUT2D eigenvalue weighted by atomic mass is 19.4. The van der Waals surface area contributed by atoms with Gasteiger partial charge in [-0.25, -0.2) is 0 Å². The molecule has 9 heteroatoms. The molecule has 2 rings (SSSR count). The van der Waals surface area contributed by atoms with Crippen molar-refractivity contribution in [3.8, 4) is 0 Å². The van der Waals surface area contributed by atoms with Crippen molar-refractivity contribution in [2.75, 3.05) is 11.9 Å². The first kappa shape index (κ1) is 17.8. The van der Waals surface area contributed by atoms with Crippen LogP contribution in [0, 0.1) is 0 Å². The van der Waals surface area contributed by atoms with Gasteiger partial charge in [-0.05, 0) is 24.1 Å². The van der Waals surface area contributed by atoms with E-state index in [4.69, 9.17) is 0 Å². The summed E-state index contributed by atoms with van der Waals surface area (Å²) in [5.41, 5.74) is 1.37. The topological polar surface area (TPSA) is 78.5 Å². The minimum Gasteiger partial charge on any atom is -0.336 e. The molecule has 0 spiro atoms. The molecule has 0 radical (unpaired) electrons. The van der Waals surface area contributed by atoms with Gasteiger partial charge >= 0.3 is 12.1 Å². The van der Waals surface area contributed by atoms with Gasteiger partial charge in [-0.1, -0.05) is 12.1 Å². The summed E-state index contributed by atoms with van der Waals surface area (Å²) in [5, 5.41) is 4.32. The van der Waals surface area contributed by atoms with E-state index in [2.05, 4.69) is 5.32 Å². The molecule has 1 aromatic rings. The molecule has 1 aliphatic rings. The van der Waals surface area contributed by atoms with Gasteiger partial charge in [0.25, 0.3) is 0 Å². The van der Waals surface area contributed by atoms with Crippen molar-refractivity contribution in [2.24, 2.45) is 0 Å². The average molecular weight is 343 g/mol. The Morgan fingerprint density at radius 3 is 2.42 bits per heavy atom. The van der Waals surface area contributed by atoms with Crippen LogP contribution in [0.5, 0.6) is 0 Å². The van der Waals surface area contributed by atoms with Gasteiger partial charge in [0.2, 0.25) is 11.8 Å². The van der Waals surface area contributed by atoms with E-state index < -0.39 is 24.0 Å². The quantitative estimate of drug-likeness (QED) is 0.868. The van der Waals surface area contributed by atoms with Crippen LogP contribution in [0.1, 0.15) is 18.9 Å². The maximum atomic E-state index is 12.2. The molecule has 1 heterocycles. The zero-order chi connectivity index (χ0) is 17.9. The van der Waals surface area contributed by atoms with Crippen LogP contribution in [0.25, 0.3) is 0 Å². The second kappa shape index (κ2) is 6.90. The molecule has 1 aromatic carbocycles. The van der Waals surface area contributed by atoms with E-state index in [-0.39, 0.29) is 25.4 Å². The number of rotatable bonds is 4. The molecular weight excluding hydrogens is 327 g/mol. The fraction of sp³-hybridized carbons (Fsp3) is 0.400. The molecule has 0 saturated carbocycles. The van der Waals surface area contributed by atoms with Crippen molar-refractivity contribution in [2.45, 2.75) is 32.1 Å². The van der Waals surface area contributed by atoms with E-state index in [0.29, 0.717) is 5.69 Å². The van der Waals surface area contributed by atoms with Gasteiger partial charge in [-0.2, -0.15) is 13.2 Å². The Balaban J connectivity index is 1.93. The number of nitrogens with zero attached hydrogens (tertiary/aromatic N) is 1. The SMILES string of the molecule is CC(=O)Nc1ccc(CN2CC[C@H](NC(=O)C(F)(F)F)C2=O)cc1. The molecular formula is C15H16F3N3O3. The molecule has 1 atom stereocenters. The zero-order valence-corrected chi connectivity index (χ0v) is 12.8. The normalized spacial score (nSPS) is 17.8. The minimum atomic E-state index is -5.01. The molecule has 0 aliphatic carbocycles. The fourth-order valence-corrected chi connectivity index (χ4v) is 2.39. The van der Waals surface area contributed by atoms with Crippen molar-refractivity contribution >= 4 is 23.4 Å². The highest BCUT2D eigenvalue weighted by Crippen LogP contribution is 2.19. The molecule has 0 aromatic heterocycles. The van der Waals surface area contributed by atoms with E-state index in [0.717, 1.165) is 5.56 Å². The van der Waals surface area contributed by atoms with Crippen LogP contribution < -0.4 is 10.6 Å². The predicted octanol–water partition coefficient (Wildman–Crippen LogP) is 1.42. The molecule has 24 heavy (non-hydrogen) atoms. The molecule has 0 bridgehead atoms. The Morgan fingerprint density at radius 2 is 1.88 bits per heavy atom. The van der Waals surface area contributed by atoms with E-state index >= 15 is 0 Å². The van der Waals surface area contributed by atoms with Gasteiger partial charge in [-0.3, -0.25) is 14.4 Å². The Morgan fingerprint density at radius 1 is 1.25 bits per heavy atom. The Kier molecular flexibility index (Phi) is 5.10. The van der Waals surface area contributed by atoms with E-state index in [1.807, 2.05) is 0 Å². The molecule has 0 unspecified atom stereocenters. The van der Waals surface area contributed by atoms with Crippen LogP contribution in [-0.4, -0.2) is 41.4 Å². The Bertz CT molecular complexity index is 644. The Labute approximate surface area is 136 Å². The number of carbonyl (C=O) groups is 3. The molecule has 1 fully saturated rings. The lowest BCUT2D eigenvalue weighted by molar-refractivity contribution is -0.174. The number of hydrogen-bond donors (Lipinski definition) is 2. The smallest absolute Gasteiger partial charge is 0.336 e. The van der Waals surface area contributed by atoms with Crippen LogP contribution >= 0.6 is 0 Å². The largest absolute Gasteiger partial charge is 0.471 e. The second-order valence-corrected chi connectivity index (χ2v) is 5.45. The third kappa shape index (κ3) is 4.46. The van der Waals surface area contributed by atoms with Gasteiger partial charge in [0.05, 0.1) is 0 Å². The summed E-state index contributed by atoms with van der Waals surface area (Å²) < 4.78 is 36.7. The third-order valence-corrected chi connectivity index (χ3v) is 3.51. The number of nitrogens with one attached hydrogen (secondary N) is 2. The van der Waals surface area contributed by atoms with Crippen molar-refractivity contribution in [1.29, 1.82) is 0 Å². The number of halogens is 3. The molecule has 1 aliphatic heterocycles. The number of amides is 3. The Hall–Kier alpha value is -2.58. The fourth-order valence-electron chi connectivity index (χ4n) is 2.39. The first-order chi connectivity index (χ1) is 11.2. The van der Waals surface area contributed by atoms with Crippen LogP contribution in [0.2, 0.25) is 0 Å². The number of benzene rings is 1. The molecule has 6 nitrogen and oxygen atoms in total. The molecule has 1 saturated heterocycles. The van der Waals surface area contributed by atoms with Crippen LogP contribution in [0.15, 0.2) is 24.3 Å². The van der Waals surface area contributed by atoms with Gasteiger partial charge in [-0.15, -0.1) is 0 Å². The van der Waals surface area contributed by atoms with E-state index in [9.17, 15) is 27.6 Å². The standard InChI is InChI=1S/C15H16F3N3O3/c1-9(22)19-11-4-2-10(3-5-11)8-21-7-6-12(13(21)23)20-14(24)15(16,17)18/h2-5,12H,6-8H2,1H3,(H,19,22)(H,20,24)/t12-/m0/s1. The lowest BCUT2D eigenvalue weighted by Gasteiger charge is -2.18. The van der Waals surface area contributed by atoms with Gasteiger partial charge in [0.1, 0.15) is 6.04 Å². The number of likely N-dealkylation sites (tertiary alicyclic amines) is 1. The maximum Gasteiger partial charge on any atom is 0.471 e. The monoisotopic (exact) mass is 343 g/mol. The summed E-state index contributed by atoms with van der Waals surface area (Å²) in [5.74, 6) is -2.86. The number of anilines is 1. The van der Waals surface area contributed by atoms with Gasteiger partial charge in [0.15, 0.2) is 0 Å². The van der Waals surface area contributed by atoms with Crippen molar-refractivity contribution in [3.63, 3.8) is 0 Å². The van der Waals surface area contributed by atoms with Crippen molar-refractivity contribution < 1.29 is 27.6 Å². The number of carbonyl (C=O) groups excluding carboxylic acids is 3. The van der Waals surface area contributed by atoms with Crippen molar-refractivity contribution in [3.05, 3.63) is 29.8 Å². The second-order valence-electron chi connectivity index (χ2n) is 5.45. The number of hydrogen-bond acceptors (Lipinski definition) is 3. The minimum absolute atomic E-state index is 0.130. The molecule has 2 N–H and O–H groups in total. The van der Waals surface area contributed by atoms with E-state index in [1.54, 1.807) is 29.6 Å². The summed E-state index contributed by atoms with van der Waals surface area (Å²) in [6, 6.07) is 5.60. The maximum absolute atomic E-state index is 12.2. The predicted molar refractivity (Wildman–Crippen MR) is 78.8 cm³/mol. The van der Waals surface area contributed by atoms with Gasteiger partial charge < -0.3 is 15.5 Å². The first-order valence-corrected chi connectivity index (χ1v) is 7.20. The lowest BCUT2D eigenvalue weighted by atomic mass is 10.2. The summed E-state index contributed by atoms with van der Waals surface area (Å²) in [7, 11) is 0. The lowest BCUT2D eigenvalue weighted by Crippen LogP contribution is -2.46. The van der Waals surface area contributed by atoms with Gasteiger partial charge in [0, 0.05) is 25.7 Å². The van der Waals surface area contributed by atoms with Crippen LogP contribution in [0.4, 0.5) is 18.9 Å². The first-order valence-electron chi connectivity index (χ1n) is 7.20. The summed E-state index contributed by atoms with van der Waals surface area (Å²) in [6.45, 7) is 1.86. The number of alkyl halides is 3.